The first-order valence-corrected chi connectivity index (χ1v) is 11.1. The Morgan fingerprint density at radius 1 is 0.839 bits per heavy atom. The van der Waals surface area contributed by atoms with Crippen LogP contribution in [0.25, 0.3) is 0 Å². The maximum Gasteiger partial charge on any atom is 0.138 e. The molecule has 164 valence electrons. The maximum atomic E-state index is 9.79. The summed E-state index contributed by atoms with van der Waals surface area (Å²) in [5.41, 5.74) is 3.18. The predicted molar refractivity (Wildman–Crippen MR) is 121 cm³/mol. The maximum absolute atomic E-state index is 9.79. The Morgan fingerprint density at radius 2 is 1.55 bits per heavy atom. The van der Waals surface area contributed by atoms with E-state index in [0.29, 0.717) is 24.3 Å². The predicted octanol–water partition coefficient (Wildman–Crippen LogP) is 2.99. The third-order valence-electron chi connectivity index (χ3n) is 5.93. The molecule has 7 nitrogen and oxygen atoms in total. The monoisotopic (exact) mass is 420 g/mol. The van der Waals surface area contributed by atoms with Gasteiger partial charge in [-0.25, -0.2) is 4.98 Å². The van der Waals surface area contributed by atoms with Gasteiger partial charge >= 0.3 is 0 Å². The normalized spacial score (nSPS) is 18.8. The molecule has 0 saturated heterocycles. The van der Waals surface area contributed by atoms with Crippen molar-refractivity contribution in [3.05, 3.63) is 77.6 Å². The highest BCUT2D eigenvalue weighted by molar-refractivity contribution is 5.25. The highest BCUT2D eigenvalue weighted by Gasteiger charge is 2.24. The summed E-state index contributed by atoms with van der Waals surface area (Å²) in [6.45, 7) is 2.95. The van der Waals surface area contributed by atoms with E-state index in [4.69, 9.17) is 0 Å². The fraction of sp³-hybridized carbons (Fsp3) is 0.417. The summed E-state index contributed by atoms with van der Waals surface area (Å²) in [7, 11) is 0. The van der Waals surface area contributed by atoms with Crippen molar-refractivity contribution in [1.82, 2.24) is 30.9 Å². The van der Waals surface area contributed by atoms with Crippen LogP contribution >= 0.6 is 0 Å². The van der Waals surface area contributed by atoms with Crippen LogP contribution in [-0.2, 0) is 26.2 Å². The molecule has 1 saturated carbocycles. The number of aromatic nitrogens is 3. The van der Waals surface area contributed by atoms with Gasteiger partial charge in [-0.05, 0) is 36.1 Å². The minimum absolute atomic E-state index is 0.232. The van der Waals surface area contributed by atoms with Crippen molar-refractivity contribution in [2.75, 3.05) is 0 Å². The minimum Gasteiger partial charge on any atom is -0.506 e. The summed E-state index contributed by atoms with van der Waals surface area (Å²) in [5, 5.41) is 20.6. The number of hydrogen-bond acceptors (Lipinski definition) is 6. The molecule has 1 aliphatic rings. The molecule has 2 aromatic heterocycles. The summed E-state index contributed by atoms with van der Waals surface area (Å²) < 4.78 is 0. The number of nitrogens with zero attached hydrogens (tertiary/aromatic N) is 2. The molecule has 1 fully saturated rings. The van der Waals surface area contributed by atoms with E-state index in [9.17, 15) is 5.11 Å². The quantitative estimate of drug-likeness (QED) is 0.346. The van der Waals surface area contributed by atoms with Crippen LogP contribution in [0.5, 0.6) is 5.75 Å². The Bertz CT molecular complexity index is 912. The number of rotatable bonds is 10. The summed E-state index contributed by atoms with van der Waals surface area (Å²) >= 11 is 0. The molecule has 3 aromatic rings. The lowest BCUT2D eigenvalue weighted by Crippen LogP contribution is -2.49. The number of pyridine rings is 1. The van der Waals surface area contributed by atoms with Gasteiger partial charge in [-0.1, -0.05) is 37.1 Å². The molecule has 5 N–H and O–H groups in total. The van der Waals surface area contributed by atoms with Crippen LogP contribution in [0.3, 0.4) is 0 Å². The molecule has 0 bridgehead atoms. The molecule has 7 heteroatoms. The zero-order valence-electron chi connectivity index (χ0n) is 17.8. The van der Waals surface area contributed by atoms with Crippen molar-refractivity contribution in [3.63, 3.8) is 0 Å². The van der Waals surface area contributed by atoms with E-state index < -0.39 is 0 Å². The van der Waals surface area contributed by atoms with Gasteiger partial charge in [0, 0.05) is 50.3 Å². The van der Waals surface area contributed by atoms with Crippen molar-refractivity contribution in [2.45, 2.75) is 63.9 Å². The minimum atomic E-state index is 0.232. The van der Waals surface area contributed by atoms with Crippen LogP contribution < -0.4 is 16.0 Å². The largest absolute Gasteiger partial charge is 0.506 e. The molecule has 4 rings (SSSR count). The van der Waals surface area contributed by atoms with Gasteiger partial charge in [0.2, 0.25) is 0 Å². The molecule has 1 aromatic carbocycles. The average Bonchev–Trinajstić information content (AvgIpc) is 3.33. The zero-order chi connectivity index (χ0) is 21.3. The lowest BCUT2D eigenvalue weighted by molar-refractivity contribution is 0.280. The van der Waals surface area contributed by atoms with Crippen LogP contribution in [0, 0.1) is 0 Å². The highest BCUT2D eigenvalue weighted by Crippen LogP contribution is 2.19. The summed E-state index contributed by atoms with van der Waals surface area (Å²) in [4.78, 5) is 11.7. The fourth-order valence-electron chi connectivity index (χ4n) is 4.16. The van der Waals surface area contributed by atoms with Crippen molar-refractivity contribution < 1.29 is 5.11 Å². The van der Waals surface area contributed by atoms with E-state index in [1.165, 1.54) is 36.8 Å². The molecule has 0 spiro atoms. The van der Waals surface area contributed by atoms with Crippen LogP contribution in [0.2, 0.25) is 0 Å². The van der Waals surface area contributed by atoms with E-state index in [-0.39, 0.29) is 5.75 Å². The summed E-state index contributed by atoms with van der Waals surface area (Å²) in [6.07, 6.45) is 10.3. The third-order valence-corrected chi connectivity index (χ3v) is 5.93. The Balaban J connectivity index is 1.22. The molecule has 0 amide bonds. The lowest BCUT2D eigenvalue weighted by Gasteiger charge is -2.33. The van der Waals surface area contributed by atoms with Crippen molar-refractivity contribution >= 4 is 0 Å². The average molecular weight is 421 g/mol. The highest BCUT2D eigenvalue weighted by atomic mass is 16.3. The molecule has 0 unspecified atom stereocenters. The first-order chi connectivity index (χ1) is 15.3. The molecule has 0 radical (unpaired) electrons. The second-order valence-electron chi connectivity index (χ2n) is 8.18. The summed E-state index contributed by atoms with van der Waals surface area (Å²) in [6, 6.07) is 13.1. The number of H-pyrrole nitrogens is 1. The molecule has 1 aliphatic carbocycles. The van der Waals surface area contributed by atoms with Gasteiger partial charge in [0.15, 0.2) is 0 Å². The number of benzene rings is 1. The van der Waals surface area contributed by atoms with Gasteiger partial charge in [0.05, 0.1) is 12.2 Å². The van der Waals surface area contributed by atoms with Crippen molar-refractivity contribution in [3.8, 4) is 5.75 Å². The van der Waals surface area contributed by atoms with Crippen molar-refractivity contribution in [2.24, 2.45) is 0 Å². The van der Waals surface area contributed by atoms with E-state index in [2.05, 4.69) is 55.2 Å². The SMILES string of the molecule is Oc1cccnc1CNCc1ccc(CN[C@H]2CCCC[C@H]2NCc2ncc[nH]2)cc1. The van der Waals surface area contributed by atoms with E-state index in [1.807, 2.05) is 6.20 Å². The molecular weight excluding hydrogens is 388 g/mol. The Kier molecular flexibility index (Phi) is 7.65. The Hall–Kier alpha value is -2.74. The van der Waals surface area contributed by atoms with E-state index in [1.54, 1.807) is 24.5 Å². The van der Waals surface area contributed by atoms with Crippen LogP contribution in [0.15, 0.2) is 55.0 Å². The van der Waals surface area contributed by atoms with Gasteiger partial charge in [-0.15, -0.1) is 0 Å². The second kappa shape index (κ2) is 11.0. The van der Waals surface area contributed by atoms with Crippen LogP contribution in [-0.4, -0.2) is 32.1 Å². The molecular formula is C24H32N6O. The van der Waals surface area contributed by atoms with Crippen LogP contribution in [0.1, 0.15) is 48.3 Å². The Labute approximate surface area is 183 Å². The topological polar surface area (TPSA) is 97.9 Å². The first kappa shape index (κ1) is 21.5. The lowest BCUT2D eigenvalue weighted by atomic mass is 9.90. The van der Waals surface area contributed by atoms with E-state index >= 15 is 0 Å². The number of hydrogen-bond donors (Lipinski definition) is 5. The van der Waals surface area contributed by atoms with Gasteiger partial charge in [-0.2, -0.15) is 0 Å². The molecule has 0 aliphatic heterocycles. The number of aromatic amines is 1. The van der Waals surface area contributed by atoms with Gasteiger partial charge in [0.25, 0.3) is 0 Å². The smallest absolute Gasteiger partial charge is 0.138 e. The zero-order valence-corrected chi connectivity index (χ0v) is 17.8. The van der Waals surface area contributed by atoms with Crippen molar-refractivity contribution in [1.29, 1.82) is 0 Å². The second-order valence-corrected chi connectivity index (χ2v) is 8.18. The molecule has 2 heterocycles. The van der Waals surface area contributed by atoms with Gasteiger partial charge in [-0.3, -0.25) is 4.98 Å². The molecule has 31 heavy (non-hydrogen) atoms. The summed E-state index contributed by atoms with van der Waals surface area (Å²) in [5.74, 6) is 1.22. The van der Waals surface area contributed by atoms with Crippen LogP contribution in [0.4, 0.5) is 0 Å². The van der Waals surface area contributed by atoms with Gasteiger partial charge < -0.3 is 26.0 Å². The standard InChI is InChI=1S/C24H32N6O/c31-23-6-3-11-26-22(23)16-25-14-18-7-9-19(10-8-18)15-29-20-4-1-2-5-21(20)30-17-24-27-12-13-28-24/h3,6-13,20-21,25,29-31H,1-2,4-5,14-17H2,(H,27,28)/t20-,21+/m0/s1. The molecule has 2 atom stereocenters. The number of nitrogens with one attached hydrogen (secondary N) is 4. The fourth-order valence-corrected chi connectivity index (χ4v) is 4.16. The third kappa shape index (κ3) is 6.37. The van der Waals surface area contributed by atoms with Gasteiger partial charge in [0.1, 0.15) is 11.6 Å². The number of aromatic hydroxyl groups is 1. The van der Waals surface area contributed by atoms with E-state index in [0.717, 1.165) is 25.5 Å². The first-order valence-electron chi connectivity index (χ1n) is 11.1. The number of imidazole rings is 1. The Morgan fingerprint density at radius 3 is 2.23 bits per heavy atom.